The minimum absolute atomic E-state index is 0.348. The maximum absolute atomic E-state index is 11.9. The first-order valence-corrected chi connectivity index (χ1v) is 5.35. The quantitative estimate of drug-likeness (QED) is 0.835. The Morgan fingerprint density at radius 1 is 1.00 bits per heavy atom. The summed E-state index contributed by atoms with van der Waals surface area (Å²) in [4.78, 5) is 11.9. The van der Waals surface area contributed by atoms with E-state index in [1.807, 2.05) is 0 Å². The maximum atomic E-state index is 11.9. The van der Waals surface area contributed by atoms with Gasteiger partial charge < -0.3 is 18.6 Å². The molecule has 0 N–H and O–H groups in total. The van der Waals surface area contributed by atoms with Gasteiger partial charge in [-0.05, 0) is 13.0 Å². The second-order valence-corrected chi connectivity index (χ2v) is 3.75. The zero-order valence-electron chi connectivity index (χ0n) is 10.7. The van der Waals surface area contributed by atoms with Crippen LogP contribution in [0.4, 0.5) is 0 Å². The average molecular weight is 250 g/mol. The summed E-state index contributed by atoms with van der Waals surface area (Å²) in [6, 6.07) is 3.33. The minimum atomic E-state index is -0.456. The third-order valence-corrected chi connectivity index (χ3v) is 2.70. The number of ether oxygens (including phenoxy) is 3. The van der Waals surface area contributed by atoms with E-state index < -0.39 is 5.63 Å². The monoisotopic (exact) mass is 250 g/mol. The molecule has 0 saturated heterocycles. The van der Waals surface area contributed by atoms with Gasteiger partial charge in [0.15, 0.2) is 11.5 Å². The van der Waals surface area contributed by atoms with E-state index in [0.717, 1.165) is 0 Å². The van der Waals surface area contributed by atoms with Gasteiger partial charge in [-0.25, -0.2) is 4.79 Å². The highest BCUT2D eigenvalue weighted by Crippen LogP contribution is 2.40. The third-order valence-electron chi connectivity index (χ3n) is 2.70. The molecule has 1 aromatic carbocycles. The Kier molecular flexibility index (Phi) is 3.14. The lowest BCUT2D eigenvalue weighted by Crippen LogP contribution is -2.05. The maximum Gasteiger partial charge on any atom is 0.347 e. The zero-order chi connectivity index (χ0) is 13.3. The molecule has 0 radical (unpaired) electrons. The van der Waals surface area contributed by atoms with Gasteiger partial charge in [-0.15, -0.1) is 0 Å². The van der Waals surface area contributed by atoms with Crippen LogP contribution in [0.2, 0.25) is 0 Å². The molecule has 18 heavy (non-hydrogen) atoms. The summed E-state index contributed by atoms with van der Waals surface area (Å²) < 4.78 is 20.8. The highest BCUT2D eigenvalue weighted by molar-refractivity contribution is 5.94. The van der Waals surface area contributed by atoms with E-state index in [9.17, 15) is 4.79 Å². The lowest BCUT2D eigenvalue weighted by atomic mass is 10.1. The van der Waals surface area contributed by atoms with Gasteiger partial charge in [-0.2, -0.15) is 0 Å². The van der Waals surface area contributed by atoms with E-state index in [2.05, 4.69) is 0 Å². The number of hydrogen-bond acceptors (Lipinski definition) is 5. The van der Waals surface area contributed by atoms with Crippen molar-refractivity contribution in [2.45, 2.75) is 6.92 Å². The van der Waals surface area contributed by atoms with E-state index in [4.69, 9.17) is 18.6 Å². The lowest BCUT2D eigenvalue weighted by Gasteiger charge is -2.13. The minimum Gasteiger partial charge on any atom is -0.496 e. The fourth-order valence-corrected chi connectivity index (χ4v) is 1.94. The Morgan fingerprint density at radius 3 is 2.22 bits per heavy atom. The van der Waals surface area contributed by atoms with Gasteiger partial charge in [0.1, 0.15) is 16.9 Å². The molecule has 2 aromatic rings. The first-order valence-electron chi connectivity index (χ1n) is 5.35. The molecule has 0 fully saturated rings. The fraction of sp³-hybridized carbons (Fsp3) is 0.308. The van der Waals surface area contributed by atoms with Crippen LogP contribution in [0.15, 0.2) is 21.3 Å². The van der Waals surface area contributed by atoms with Crippen molar-refractivity contribution in [1.82, 2.24) is 0 Å². The average Bonchev–Trinajstić information content (AvgIpc) is 2.36. The van der Waals surface area contributed by atoms with Gasteiger partial charge in [0.05, 0.1) is 21.3 Å². The summed E-state index contributed by atoms with van der Waals surface area (Å²) in [5.41, 5.74) is -0.456. The van der Waals surface area contributed by atoms with E-state index in [1.165, 1.54) is 21.3 Å². The van der Waals surface area contributed by atoms with Crippen molar-refractivity contribution < 1.29 is 18.6 Å². The number of rotatable bonds is 3. The van der Waals surface area contributed by atoms with Gasteiger partial charge >= 0.3 is 5.63 Å². The van der Waals surface area contributed by atoms with Crippen molar-refractivity contribution in [3.8, 4) is 17.2 Å². The Hall–Kier alpha value is -2.17. The molecule has 2 rings (SSSR count). The summed E-state index contributed by atoms with van der Waals surface area (Å²) in [5.74, 6) is 1.90. The Morgan fingerprint density at radius 2 is 1.67 bits per heavy atom. The van der Waals surface area contributed by atoms with Crippen LogP contribution in [0.1, 0.15) is 5.76 Å². The predicted molar refractivity (Wildman–Crippen MR) is 66.9 cm³/mol. The summed E-state index contributed by atoms with van der Waals surface area (Å²) in [6.45, 7) is 1.70. The van der Waals surface area contributed by atoms with Crippen LogP contribution < -0.4 is 19.8 Å². The molecule has 0 bridgehead atoms. The highest BCUT2D eigenvalue weighted by atomic mass is 16.5. The Bertz CT molecular complexity index is 642. The number of hydrogen-bond donors (Lipinski definition) is 0. The Balaban J connectivity index is 3.00. The molecule has 0 aliphatic carbocycles. The van der Waals surface area contributed by atoms with Crippen LogP contribution in [0.3, 0.4) is 0 Å². The van der Waals surface area contributed by atoms with E-state index >= 15 is 0 Å². The molecular weight excluding hydrogens is 236 g/mol. The van der Waals surface area contributed by atoms with Gasteiger partial charge in [0, 0.05) is 11.5 Å². The van der Waals surface area contributed by atoms with Crippen LogP contribution in [0.5, 0.6) is 17.2 Å². The molecule has 1 aromatic heterocycles. The van der Waals surface area contributed by atoms with Crippen LogP contribution in [-0.4, -0.2) is 21.3 Å². The molecule has 0 spiro atoms. The topological polar surface area (TPSA) is 57.9 Å². The summed E-state index contributed by atoms with van der Waals surface area (Å²) in [6.07, 6.45) is 0. The largest absolute Gasteiger partial charge is 0.496 e. The van der Waals surface area contributed by atoms with E-state index in [1.54, 1.807) is 19.1 Å². The molecule has 0 unspecified atom stereocenters. The standard InChI is InChI=1S/C13H14O5/c1-7-5-8-11(13(14)18-7)9(15-2)6-10(16-3)12(8)17-4/h5-6H,1-4H3. The van der Waals surface area contributed by atoms with Gasteiger partial charge in [-0.1, -0.05) is 0 Å². The molecule has 0 aliphatic rings. The Labute approximate surface area is 104 Å². The second kappa shape index (κ2) is 4.60. The molecule has 96 valence electrons. The first kappa shape index (κ1) is 12.3. The molecule has 0 aliphatic heterocycles. The molecule has 5 heteroatoms. The highest BCUT2D eigenvalue weighted by Gasteiger charge is 2.18. The van der Waals surface area contributed by atoms with Crippen LogP contribution >= 0.6 is 0 Å². The SMILES string of the molecule is COc1cc(OC)c2c(=O)oc(C)cc2c1OC. The van der Waals surface area contributed by atoms with Crippen molar-refractivity contribution in [3.05, 3.63) is 28.3 Å². The zero-order valence-corrected chi connectivity index (χ0v) is 10.7. The van der Waals surface area contributed by atoms with Crippen molar-refractivity contribution in [1.29, 1.82) is 0 Å². The summed E-state index contributed by atoms with van der Waals surface area (Å²) in [7, 11) is 4.54. The second-order valence-electron chi connectivity index (χ2n) is 3.75. The van der Waals surface area contributed by atoms with E-state index in [0.29, 0.717) is 33.8 Å². The van der Waals surface area contributed by atoms with Gasteiger partial charge in [0.2, 0.25) is 0 Å². The predicted octanol–water partition coefficient (Wildman–Crippen LogP) is 2.13. The first-order chi connectivity index (χ1) is 8.62. The normalized spacial score (nSPS) is 10.4. The van der Waals surface area contributed by atoms with Crippen LogP contribution in [0.25, 0.3) is 10.8 Å². The summed E-state index contributed by atoms with van der Waals surface area (Å²) >= 11 is 0. The van der Waals surface area contributed by atoms with E-state index in [-0.39, 0.29) is 0 Å². The van der Waals surface area contributed by atoms with Crippen molar-refractivity contribution in [3.63, 3.8) is 0 Å². The number of methoxy groups -OCH3 is 3. The summed E-state index contributed by atoms with van der Waals surface area (Å²) in [5, 5.41) is 0.961. The molecule has 0 atom stereocenters. The van der Waals surface area contributed by atoms with Crippen molar-refractivity contribution in [2.75, 3.05) is 21.3 Å². The molecule has 0 saturated carbocycles. The van der Waals surface area contributed by atoms with Gasteiger partial charge in [0.25, 0.3) is 0 Å². The molecule has 5 nitrogen and oxygen atoms in total. The molecule has 1 heterocycles. The van der Waals surface area contributed by atoms with Crippen LogP contribution in [-0.2, 0) is 0 Å². The van der Waals surface area contributed by atoms with Crippen molar-refractivity contribution >= 4 is 10.8 Å². The number of fused-ring (bicyclic) bond motifs is 1. The van der Waals surface area contributed by atoms with Crippen LogP contribution in [0, 0.1) is 6.92 Å². The van der Waals surface area contributed by atoms with Crippen molar-refractivity contribution in [2.24, 2.45) is 0 Å². The molecular formula is C13H14O5. The fourth-order valence-electron chi connectivity index (χ4n) is 1.94. The molecule has 0 amide bonds. The number of aryl methyl sites for hydroxylation is 1. The third kappa shape index (κ3) is 1.77. The lowest BCUT2D eigenvalue weighted by molar-refractivity contribution is 0.353. The smallest absolute Gasteiger partial charge is 0.347 e. The van der Waals surface area contributed by atoms with Gasteiger partial charge in [-0.3, -0.25) is 0 Å². The number of benzene rings is 1.